The summed E-state index contributed by atoms with van der Waals surface area (Å²) in [6.07, 6.45) is 0.764. The van der Waals surface area contributed by atoms with Gasteiger partial charge in [0.25, 0.3) is 0 Å². The lowest BCUT2D eigenvalue weighted by Crippen LogP contribution is -2.24. The fourth-order valence-corrected chi connectivity index (χ4v) is 2.97. The van der Waals surface area contributed by atoms with Crippen molar-refractivity contribution in [2.45, 2.75) is 25.5 Å². The number of benzene rings is 2. The van der Waals surface area contributed by atoms with Gasteiger partial charge in [-0.3, -0.25) is 0 Å². The van der Waals surface area contributed by atoms with Crippen molar-refractivity contribution >= 4 is 15.9 Å². The van der Waals surface area contributed by atoms with E-state index in [1.54, 1.807) is 0 Å². The molecular formula is C17H18BrNO2. The predicted molar refractivity (Wildman–Crippen MR) is 86.7 cm³/mol. The van der Waals surface area contributed by atoms with E-state index in [4.69, 9.17) is 15.2 Å². The molecule has 21 heavy (non-hydrogen) atoms. The summed E-state index contributed by atoms with van der Waals surface area (Å²) in [6, 6.07) is 14.1. The van der Waals surface area contributed by atoms with Crippen LogP contribution < -0.4 is 15.2 Å². The second-order valence-corrected chi connectivity index (χ2v) is 6.05. The first-order valence-electron chi connectivity index (χ1n) is 7.12. The molecule has 1 aliphatic heterocycles. The van der Waals surface area contributed by atoms with Gasteiger partial charge in [-0.2, -0.15) is 0 Å². The molecule has 2 aromatic carbocycles. The lowest BCUT2D eigenvalue weighted by molar-refractivity contribution is 0.161. The van der Waals surface area contributed by atoms with Gasteiger partial charge in [0.15, 0.2) is 0 Å². The molecule has 0 bridgehead atoms. The zero-order valence-corrected chi connectivity index (χ0v) is 13.5. The average molecular weight is 348 g/mol. The summed E-state index contributed by atoms with van der Waals surface area (Å²) in [7, 11) is 0. The minimum absolute atomic E-state index is 0.00146. The molecule has 2 aromatic rings. The SMILES string of the molecule is CCOc1ccc(C2C[C@@H](N)c3ccc(Br)cc3O2)cc1. The second-order valence-electron chi connectivity index (χ2n) is 5.13. The Hall–Kier alpha value is -1.52. The third-order valence-electron chi connectivity index (χ3n) is 3.68. The fraction of sp³-hybridized carbons (Fsp3) is 0.294. The highest BCUT2D eigenvalue weighted by molar-refractivity contribution is 9.10. The second kappa shape index (κ2) is 6.08. The molecule has 0 spiro atoms. The Morgan fingerprint density at radius 1 is 1.24 bits per heavy atom. The maximum Gasteiger partial charge on any atom is 0.126 e. The van der Waals surface area contributed by atoms with Gasteiger partial charge in [0.05, 0.1) is 6.61 Å². The van der Waals surface area contributed by atoms with Gasteiger partial charge in [-0.25, -0.2) is 0 Å². The molecule has 0 saturated heterocycles. The van der Waals surface area contributed by atoms with E-state index in [0.29, 0.717) is 6.61 Å². The van der Waals surface area contributed by atoms with Gasteiger partial charge < -0.3 is 15.2 Å². The Bertz CT molecular complexity index is 627. The van der Waals surface area contributed by atoms with E-state index in [1.807, 2.05) is 49.4 Å². The number of nitrogens with two attached hydrogens (primary N) is 1. The van der Waals surface area contributed by atoms with Crippen LogP contribution >= 0.6 is 15.9 Å². The van der Waals surface area contributed by atoms with E-state index in [2.05, 4.69) is 15.9 Å². The molecule has 2 atom stereocenters. The van der Waals surface area contributed by atoms with E-state index >= 15 is 0 Å². The van der Waals surface area contributed by atoms with Crippen LogP contribution in [0.25, 0.3) is 0 Å². The normalized spacial score (nSPS) is 20.5. The van der Waals surface area contributed by atoms with E-state index in [1.165, 1.54) is 0 Å². The van der Waals surface area contributed by atoms with Crippen LogP contribution in [-0.2, 0) is 0 Å². The van der Waals surface area contributed by atoms with E-state index in [-0.39, 0.29) is 12.1 Å². The van der Waals surface area contributed by atoms with Crippen molar-refractivity contribution in [1.29, 1.82) is 0 Å². The van der Waals surface area contributed by atoms with E-state index in [9.17, 15) is 0 Å². The first-order chi connectivity index (χ1) is 10.2. The van der Waals surface area contributed by atoms with Gasteiger partial charge in [-0.15, -0.1) is 0 Å². The number of hydrogen-bond acceptors (Lipinski definition) is 3. The average Bonchev–Trinajstić information content (AvgIpc) is 2.48. The molecule has 1 aliphatic rings. The summed E-state index contributed by atoms with van der Waals surface area (Å²) in [5, 5.41) is 0. The van der Waals surface area contributed by atoms with Crippen molar-refractivity contribution in [2.24, 2.45) is 5.73 Å². The van der Waals surface area contributed by atoms with Crippen LogP contribution in [0.4, 0.5) is 0 Å². The highest BCUT2D eigenvalue weighted by Gasteiger charge is 2.27. The summed E-state index contributed by atoms with van der Waals surface area (Å²) >= 11 is 3.48. The Morgan fingerprint density at radius 2 is 2.00 bits per heavy atom. The quantitative estimate of drug-likeness (QED) is 0.896. The summed E-state index contributed by atoms with van der Waals surface area (Å²) in [4.78, 5) is 0. The van der Waals surface area contributed by atoms with E-state index < -0.39 is 0 Å². The molecule has 0 saturated carbocycles. The molecule has 2 N–H and O–H groups in total. The molecule has 4 heteroatoms. The van der Waals surface area contributed by atoms with Crippen LogP contribution in [0.3, 0.4) is 0 Å². The standard InChI is InChI=1S/C17H18BrNO2/c1-2-20-13-6-3-11(4-7-13)16-10-15(19)14-8-5-12(18)9-17(14)21-16/h3-9,15-16H,2,10,19H2,1H3/t15-,16?/m1/s1. The van der Waals surface area contributed by atoms with Crippen LogP contribution in [0.1, 0.15) is 36.6 Å². The van der Waals surface area contributed by atoms with Crippen molar-refractivity contribution in [1.82, 2.24) is 0 Å². The monoisotopic (exact) mass is 347 g/mol. The van der Waals surface area contributed by atoms with Gasteiger partial charge in [0, 0.05) is 22.5 Å². The molecule has 0 fully saturated rings. The maximum absolute atomic E-state index is 6.28. The molecule has 0 aliphatic carbocycles. The Balaban J connectivity index is 1.84. The van der Waals surface area contributed by atoms with Crippen molar-refractivity contribution in [3.8, 4) is 11.5 Å². The molecule has 0 radical (unpaired) electrons. The Kier molecular flexibility index (Phi) is 4.17. The summed E-state index contributed by atoms with van der Waals surface area (Å²) in [6.45, 7) is 2.65. The zero-order chi connectivity index (χ0) is 14.8. The van der Waals surface area contributed by atoms with Crippen LogP contribution in [-0.4, -0.2) is 6.61 Å². The van der Waals surface area contributed by atoms with Gasteiger partial charge >= 0.3 is 0 Å². The van der Waals surface area contributed by atoms with Crippen molar-refractivity contribution in [3.63, 3.8) is 0 Å². The highest BCUT2D eigenvalue weighted by atomic mass is 79.9. The predicted octanol–water partition coefficient (Wildman–Crippen LogP) is 4.37. The van der Waals surface area contributed by atoms with Gasteiger partial charge in [0.2, 0.25) is 0 Å². The molecule has 1 heterocycles. The van der Waals surface area contributed by atoms with Crippen LogP contribution in [0, 0.1) is 0 Å². The third-order valence-corrected chi connectivity index (χ3v) is 4.17. The number of hydrogen-bond donors (Lipinski definition) is 1. The van der Waals surface area contributed by atoms with E-state index in [0.717, 1.165) is 33.5 Å². The van der Waals surface area contributed by atoms with Gasteiger partial charge in [0.1, 0.15) is 17.6 Å². The number of rotatable bonds is 3. The van der Waals surface area contributed by atoms with Crippen molar-refractivity contribution < 1.29 is 9.47 Å². The summed E-state index contributed by atoms with van der Waals surface area (Å²) < 4.78 is 12.6. The number of fused-ring (bicyclic) bond motifs is 1. The van der Waals surface area contributed by atoms with Crippen molar-refractivity contribution in [3.05, 3.63) is 58.1 Å². The smallest absolute Gasteiger partial charge is 0.126 e. The highest BCUT2D eigenvalue weighted by Crippen LogP contribution is 2.41. The molecule has 110 valence electrons. The topological polar surface area (TPSA) is 44.5 Å². The van der Waals surface area contributed by atoms with Gasteiger partial charge in [-0.05, 0) is 36.8 Å². The first kappa shape index (κ1) is 14.4. The van der Waals surface area contributed by atoms with Crippen molar-refractivity contribution in [2.75, 3.05) is 6.61 Å². The lowest BCUT2D eigenvalue weighted by atomic mass is 9.93. The molecular weight excluding hydrogens is 330 g/mol. The van der Waals surface area contributed by atoms with Crippen LogP contribution in [0.5, 0.6) is 11.5 Å². The minimum atomic E-state index is -0.0162. The Morgan fingerprint density at radius 3 is 2.71 bits per heavy atom. The molecule has 0 aromatic heterocycles. The lowest BCUT2D eigenvalue weighted by Gasteiger charge is -2.30. The third kappa shape index (κ3) is 3.06. The molecule has 0 amide bonds. The summed E-state index contributed by atoms with van der Waals surface area (Å²) in [5.74, 6) is 1.74. The number of ether oxygens (including phenoxy) is 2. The summed E-state index contributed by atoms with van der Waals surface area (Å²) in [5.41, 5.74) is 8.48. The zero-order valence-electron chi connectivity index (χ0n) is 11.9. The first-order valence-corrected chi connectivity index (χ1v) is 7.91. The van der Waals surface area contributed by atoms with Crippen LogP contribution in [0.2, 0.25) is 0 Å². The molecule has 1 unspecified atom stereocenters. The maximum atomic E-state index is 6.28. The number of halogens is 1. The Labute approximate surface area is 133 Å². The van der Waals surface area contributed by atoms with Gasteiger partial charge in [-0.1, -0.05) is 34.1 Å². The molecule has 3 nitrogen and oxygen atoms in total. The molecule has 3 rings (SSSR count). The minimum Gasteiger partial charge on any atom is -0.494 e. The largest absolute Gasteiger partial charge is 0.494 e. The fourth-order valence-electron chi connectivity index (χ4n) is 2.63. The van der Waals surface area contributed by atoms with Crippen LogP contribution in [0.15, 0.2) is 46.9 Å².